The number of aromatic nitrogens is 1. The van der Waals surface area contributed by atoms with E-state index in [9.17, 15) is 4.79 Å². The summed E-state index contributed by atoms with van der Waals surface area (Å²) in [5.74, 6) is -0.108. The molecular formula is C18H20N3O+. The topological polar surface area (TPSA) is 56.8 Å². The lowest BCUT2D eigenvalue weighted by atomic mass is 10.1. The highest BCUT2D eigenvalue weighted by molar-refractivity contribution is 5.92. The van der Waals surface area contributed by atoms with Gasteiger partial charge in [0.2, 0.25) is 6.04 Å². The summed E-state index contributed by atoms with van der Waals surface area (Å²) in [6.45, 7) is 4.00. The number of pyridine rings is 1. The summed E-state index contributed by atoms with van der Waals surface area (Å²) in [7, 11) is 0. The first-order valence-corrected chi connectivity index (χ1v) is 7.44. The molecule has 1 aromatic heterocycles. The van der Waals surface area contributed by atoms with Crippen LogP contribution < -0.4 is 9.88 Å². The van der Waals surface area contributed by atoms with Crippen LogP contribution in [0.25, 0.3) is 0 Å². The highest BCUT2D eigenvalue weighted by atomic mass is 16.2. The van der Waals surface area contributed by atoms with E-state index < -0.39 is 0 Å². The van der Waals surface area contributed by atoms with Crippen LogP contribution in [0.4, 0.5) is 5.69 Å². The van der Waals surface area contributed by atoms with Crippen LogP contribution in [0.2, 0.25) is 0 Å². The molecule has 0 saturated heterocycles. The first kappa shape index (κ1) is 15.7. The van der Waals surface area contributed by atoms with Crippen molar-refractivity contribution in [2.75, 3.05) is 5.32 Å². The van der Waals surface area contributed by atoms with Gasteiger partial charge in [-0.2, -0.15) is 9.83 Å². The quantitative estimate of drug-likeness (QED) is 0.862. The maximum atomic E-state index is 12.3. The maximum absolute atomic E-state index is 12.3. The van der Waals surface area contributed by atoms with Crippen LogP contribution in [-0.4, -0.2) is 5.91 Å². The molecule has 1 N–H and O–H groups in total. The minimum atomic E-state index is -0.318. The molecule has 1 aromatic carbocycles. The SMILES string of the molecule is CCCc1cc[n+]([C@H](C)C(=O)Nc2cccc(C#N)c2)cc1. The molecule has 0 bridgehead atoms. The molecule has 1 amide bonds. The van der Waals surface area contributed by atoms with Crippen molar-refractivity contribution in [2.45, 2.75) is 32.7 Å². The second kappa shape index (κ2) is 7.37. The predicted octanol–water partition coefficient (Wildman–Crippen LogP) is 3.00. The molecular weight excluding hydrogens is 274 g/mol. The molecule has 0 aliphatic heterocycles. The average Bonchev–Trinajstić information content (AvgIpc) is 2.55. The van der Waals surface area contributed by atoms with E-state index in [1.807, 2.05) is 36.0 Å². The summed E-state index contributed by atoms with van der Waals surface area (Å²) < 4.78 is 1.88. The van der Waals surface area contributed by atoms with E-state index in [0.717, 1.165) is 12.8 Å². The van der Waals surface area contributed by atoms with Crippen molar-refractivity contribution in [2.24, 2.45) is 0 Å². The molecule has 0 fully saturated rings. The molecule has 4 nitrogen and oxygen atoms in total. The maximum Gasteiger partial charge on any atom is 0.293 e. The van der Waals surface area contributed by atoms with E-state index in [1.54, 1.807) is 24.3 Å². The van der Waals surface area contributed by atoms with E-state index in [1.165, 1.54) is 5.56 Å². The van der Waals surface area contributed by atoms with Gasteiger partial charge in [0.15, 0.2) is 12.4 Å². The molecule has 4 heteroatoms. The molecule has 1 heterocycles. The van der Waals surface area contributed by atoms with Crippen LogP contribution in [0.15, 0.2) is 48.8 Å². The zero-order valence-corrected chi connectivity index (χ0v) is 12.9. The van der Waals surface area contributed by atoms with Gasteiger partial charge in [0.1, 0.15) is 0 Å². The molecule has 0 aliphatic carbocycles. The Bertz CT molecular complexity index is 686. The summed E-state index contributed by atoms with van der Waals surface area (Å²) in [5, 5.41) is 11.7. The van der Waals surface area contributed by atoms with Crippen LogP contribution in [0, 0.1) is 11.3 Å². The smallest absolute Gasteiger partial charge is 0.293 e. The number of amides is 1. The lowest BCUT2D eigenvalue weighted by molar-refractivity contribution is -0.705. The third-order valence-corrected chi connectivity index (χ3v) is 3.55. The van der Waals surface area contributed by atoms with Crippen molar-refractivity contribution in [3.8, 4) is 6.07 Å². The van der Waals surface area contributed by atoms with Gasteiger partial charge in [-0.05, 0) is 30.2 Å². The molecule has 0 aliphatic rings. The normalized spacial score (nSPS) is 11.5. The van der Waals surface area contributed by atoms with Gasteiger partial charge in [-0.15, -0.1) is 0 Å². The van der Waals surface area contributed by atoms with Gasteiger partial charge < -0.3 is 5.32 Å². The van der Waals surface area contributed by atoms with Crippen LogP contribution in [0.1, 0.15) is 37.4 Å². The van der Waals surface area contributed by atoms with Gasteiger partial charge in [-0.3, -0.25) is 4.79 Å². The Kier molecular flexibility index (Phi) is 5.26. The Morgan fingerprint density at radius 1 is 1.32 bits per heavy atom. The summed E-state index contributed by atoms with van der Waals surface area (Å²) in [4.78, 5) is 12.3. The summed E-state index contributed by atoms with van der Waals surface area (Å²) in [5.41, 5.74) is 2.44. The number of aryl methyl sites for hydroxylation is 1. The number of nitrogens with one attached hydrogen (secondary N) is 1. The minimum Gasteiger partial charge on any atom is -0.320 e. The van der Waals surface area contributed by atoms with E-state index >= 15 is 0 Å². The van der Waals surface area contributed by atoms with Gasteiger partial charge in [-0.25, -0.2) is 0 Å². The van der Waals surface area contributed by atoms with Gasteiger partial charge in [0.25, 0.3) is 5.91 Å². The number of anilines is 1. The largest absolute Gasteiger partial charge is 0.320 e. The van der Waals surface area contributed by atoms with Gasteiger partial charge in [0, 0.05) is 24.7 Å². The minimum absolute atomic E-state index is 0.108. The average molecular weight is 294 g/mol. The first-order valence-electron chi connectivity index (χ1n) is 7.44. The number of nitriles is 1. The molecule has 1 atom stereocenters. The summed E-state index contributed by atoms with van der Waals surface area (Å²) in [6.07, 6.45) is 6.01. The molecule has 0 radical (unpaired) electrons. The zero-order valence-electron chi connectivity index (χ0n) is 12.9. The third-order valence-electron chi connectivity index (χ3n) is 3.55. The highest BCUT2D eigenvalue weighted by Gasteiger charge is 2.21. The van der Waals surface area contributed by atoms with Crippen LogP contribution in [0.5, 0.6) is 0 Å². The van der Waals surface area contributed by atoms with Crippen LogP contribution >= 0.6 is 0 Å². The van der Waals surface area contributed by atoms with Crippen LogP contribution in [0.3, 0.4) is 0 Å². The molecule has 0 saturated carbocycles. The van der Waals surface area contributed by atoms with Crippen molar-refractivity contribution >= 4 is 11.6 Å². The lowest BCUT2D eigenvalue weighted by Crippen LogP contribution is -2.44. The van der Waals surface area contributed by atoms with Crippen molar-refractivity contribution in [3.05, 3.63) is 59.9 Å². The Morgan fingerprint density at radius 2 is 2.05 bits per heavy atom. The molecule has 0 unspecified atom stereocenters. The Morgan fingerprint density at radius 3 is 2.68 bits per heavy atom. The van der Waals surface area contributed by atoms with Crippen molar-refractivity contribution < 1.29 is 9.36 Å². The van der Waals surface area contributed by atoms with Crippen molar-refractivity contribution in [3.63, 3.8) is 0 Å². The van der Waals surface area contributed by atoms with Gasteiger partial charge >= 0.3 is 0 Å². The summed E-state index contributed by atoms with van der Waals surface area (Å²) >= 11 is 0. The molecule has 112 valence electrons. The fourth-order valence-electron chi connectivity index (χ4n) is 2.23. The Hall–Kier alpha value is -2.67. The van der Waals surface area contributed by atoms with Crippen molar-refractivity contribution in [1.82, 2.24) is 0 Å². The zero-order chi connectivity index (χ0) is 15.9. The lowest BCUT2D eigenvalue weighted by Gasteiger charge is -2.09. The van der Waals surface area contributed by atoms with E-state index in [0.29, 0.717) is 11.3 Å². The number of carbonyl (C=O) groups is 1. The Labute approximate surface area is 131 Å². The van der Waals surface area contributed by atoms with E-state index in [4.69, 9.17) is 5.26 Å². The fourth-order valence-corrected chi connectivity index (χ4v) is 2.23. The number of hydrogen-bond donors (Lipinski definition) is 1. The first-order chi connectivity index (χ1) is 10.6. The highest BCUT2D eigenvalue weighted by Crippen LogP contribution is 2.11. The Balaban J connectivity index is 2.06. The van der Waals surface area contributed by atoms with Crippen molar-refractivity contribution in [1.29, 1.82) is 5.26 Å². The van der Waals surface area contributed by atoms with Gasteiger partial charge in [0.05, 0.1) is 11.6 Å². The monoisotopic (exact) mass is 294 g/mol. The molecule has 2 aromatic rings. The standard InChI is InChI=1S/C18H19N3O/c1-3-5-15-8-10-21(11-9-15)14(2)18(22)20-17-7-4-6-16(12-17)13-19/h4,6-12,14H,3,5H2,1-2H3/p+1/t14-/m1/s1. The van der Waals surface area contributed by atoms with E-state index in [2.05, 4.69) is 18.3 Å². The molecule has 0 spiro atoms. The number of carbonyl (C=O) groups excluding carboxylic acids is 1. The number of hydrogen-bond acceptors (Lipinski definition) is 2. The third kappa shape index (κ3) is 3.92. The molecule has 2 rings (SSSR count). The number of rotatable bonds is 5. The number of benzene rings is 1. The fraction of sp³-hybridized carbons (Fsp3) is 0.278. The van der Waals surface area contributed by atoms with Crippen LogP contribution in [-0.2, 0) is 11.2 Å². The van der Waals surface area contributed by atoms with E-state index in [-0.39, 0.29) is 11.9 Å². The molecule has 22 heavy (non-hydrogen) atoms. The second-order valence-corrected chi connectivity index (χ2v) is 5.26. The predicted molar refractivity (Wildman–Crippen MR) is 85.1 cm³/mol. The number of nitrogens with zero attached hydrogens (tertiary/aromatic N) is 2. The second-order valence-electron chi connectivity index (χ2n) is 5.26. The van der Waals surface area contributed by atoms with Gasteiger partial charge in [-0.1, -0.05) is 19.4 Å². The summed E-state index contributed by atoms with van der Waals surface area (Å²) in [6, 6.07) is 12.7.